The van der Waals surface area contributed by atoms with Crippen molar-refractivity contribution in [1.82, 2.24) is 35.6 Å². The maximum Gasteiger partial charge on any atom is 0.332 e. The van der Waals surface area contributed by atoms with Crippen LogP contribution in [0.5, 0.6) is 0 Å². The molecule has 3 aromatic rings. The highest BCUT2D eigenvalue weighted by molar-refractivity contribution is 5.98. The number of carboxylic acids is 1. The largest absolute Gasteiger partial charge is 0.480 e. The zero-order valence-corrected chi connectivity index (χ0v) is 44.1. The molecule has 0 bridgehead atoms. The molecule has 0 spiro atoms. The average molecular weight is 1040 g/mol. The summed E-state index contributed by atoms with van der Waals surface area (Å²) in [6, 6.07) is 9.03. The number of fused-ring (bicyclic) bond motifs is 1. The average Bonchev–Trinajstić information content (AvgIpc) is 4.10. The number of nitrogens with one attached hydrogen (secondary N) is 3. The van der Waals surface area contributed by atoms with Gasteiger partial charge in [0.2, 0.25) is 47.2 Å². The summed E-state index contributed by atoms with van der Waals surface area (Å²) in [6.45, 7) is 10.1. The van der Waals surface area contributed by atoms with Gasteiger partial charge in [-0.3, -0.25) is 33.6 Å². The summed E-state index contributed by atoms with van der Waals surface area (Å²) < 4.78 is 18.0. The molecule has 3 heterocycles. The molecule has 0 radical (unpaired) electrons. The maximum absolute atomic E-state index is 15.0. The van der Waals surface area contributed by atoms with Crippen molar-refractivity contribution in [3.63, 3.8) is 0 Å². The lowest BCUT2D eigenvalue weighted by Crippen LogP contribution is -2.61. The Morgan fingerprint density at radius 3 is 2.09 bits per heavy atom. The molecule has 21 heteroatoms. The molecular weight excluding hydrogens is 969 g/mol. The molecule has 2 fully saturated rings. The van der Waals surface area contributed by atoms with Gasteiger partial charge >= 0.3 is 11.9 Å². The normalized spacial score (nSPS) is 25.6. The van der Waals surface area contributed by atoms with E-state index in [2.05, 4.69) is 20.9 Å². The van der Waals surface area contributed by atoms with E-state index < -0.39 is 132 Å². The molecular formula is C54H72N8O13. The molecule has 5 rings (SSSR count). The van der Waals surface area contributed by atoms with E-state index in [1.807, 2.05) is 36.4 Å². The van der Waals surface area contributed by atoms with Gasteiger partial charge in [-0.25, -0.2) is 14.6 Å². The number of likely N-dealkylation sites (N-methyl/N-ethyl adjacent to an activating group) is 2. The smallest absolute Gasteiger partial charge is 0.332 e. The number of benzene rings is 2. The van der Waals surface area contributed by atoms with Gasteiger partial charge in [0.15, 0.2) is 12.1 Å². The van der Waals surface area contributed by atoms with E-state index in [1.54, 1.807) is 65.0 Å². The summed E-state index contributed by atoms with van der Waals surface area (Å²) in [5, 5.41) is 18.3. The van der Waals surface area contributed by atoms with Gasteiger partial charge in [0.05, 0.1) is 18.8 Å². The van der Waals surface area contributed by atoms with E-state index in [0.29, 0.717) is 36.8 Å². The molecule has 11 unspecified atom stereocenters. The van der Waals surface area contributed by atoms with Crippen LogP contribution < -0.4 is 21.7 Å². The summed E-state index contributed by atoms with van der Waals surface area (Å²) in [5.41, 5.74) is 7.61. The van der Waals surface area contributed by atoms with E-state index in [1.165, 1.54) is 44.2 Å². The van der Waals surface area contributed by atoms with Crippen molar-refractivity contribution in [1.29, 1.82) is 0 Å². The van der Waals surface area contributed by atoms with Crippen molar-refractivity contribution in [3.05, 3.63) is 95.7 Å². The molecule has 75 heavy (non-hydrogen) atoms. The minimum absolute atomic E-state index is 0.00737. The molecule has 7 amide bonds. The lowest BCUT2D eigenvalue weighted by atomic mass is 9.92. The van der Waals surface area contributed by atoms with Crippen LogP contribution in [0.25, 0.3) is 5.57 Å². The predicted octanol–water partition coefficient (Wildman–Crippen LogP) is 3.48. The highest BCUT2D eigenvalue weighted by Gasteiger charge is 2.46. The number of cyclic esters (lactones) is 1. The number of hydrogen-bond donors (Lipinski definition) is 5. The lowest BCUT2D eigenvalue weighted by Gasteiger charge is -2.39. The molecule has 0 aliphatic carbocycles. The Balaban J connectivity index is 1.67. The van der Waals surface area contributed by atoms with Crippen molar-refractivity contribution in [2.45, 2.75) is 135 Å². The van der Waals surface area contributed by atoms with Gasteiger partial charge in [0.1, 0.15) is 48.3 Å². The summed E-state index contributed by atoms with van der Waals surface area (Å²) in [7, 11) is 4.00. The van der Waals surface area contributed by atoms with Crippen LogP contribution in [0.2, 0.25) is 0 Å². The van der Waals surface area contributed by atoms with Crippen LogP contribution in [0.3, 0.4) is 0 Å². The van der Waals surface area contributed by atoms with Crippen LogP contribution in [0.4, 0.5) is 0 Å². The van der Waals surface area contributed by atoms with Crippen LogP contribution in [-0.4, -0.2) is 142 Å². The van der Waals surface area contributed by atoms with Crippen LogP contribution in [0, 0.1) is 17.8 Å². The number of amides is 7. The van der Waals surface area contributed by atoms with Crippen LogP contribution in [0.1, 0.15) is 115 Å². The van der Waals surface area contributed by atoms with Gasteiger partial charge in [-0.2, -0.15) is 0 Å². The Morgan fingerprint density at radius 1 is 0.867 bits per heavy atom. The first-order valence-electron chi connectivity index (χ1n) is 25.3. The fourth-order valence-electron chi connectivity index (χ4n) is 9.48. The number of rotatable bonds is 14. The number of aliphatic carboxylic acids is 1. The molecule has 0 saturated carbocycles. The third-order valence-electron chi connectivity index (χ3n) is 14.3. The molecule has 21 nitrogen and oxygen atoms in total. The second-order valence-corrected chi connectivity index (χ2v) is 19.5. The number of nitrogens with two attached hydrogens (primary N) is 1. The lowest BCUT2D eigenvalue weighted by molar-refractivity contribution is -0.163. The number of nitrogens with zero attached hydrogens (tertiary/aromatic N) is 4. The number of carboxylic acid groups (broad SMARTS) is 1. The third-order valence-corrected chi connectivity index (χ3v) is 14.3. The van der Waals surface area contributed by atoms with Crippen LogP contribution in [0.15, 0.2) is 77.4 Å². The minimum atomic E-state index is -1.87. The van der Waals surface area contributed by atoms with Gasteiger partial charge in [-0.1, -0.05) is 107 Å². The second kappa shape index (κ2) is 26.7. The first kappa shape index (κ1) is 58.5. The van der Waals surface area contributed by atoms with E-state index in [-0.39, 0.29) is 24.6 Å². The number of oxazole rings is 1. The van der Waals surface area contributed by atoms with E-state index in [0.717, 1.165) is 10.5 Å². The highest BCUT2D eigenvalue weighted by atomic mass is 16.6. The summed E-state index contributed by atoms with van der Waals surface area (Å²) >= 11 is 0. The van der Waals surface area contributed by atoms with Crippen LogP contribution >= 0.6 is 0 Å². The first-order chi connectivity index (χ1) is 35.6. The van der Waals surface area contributed by atoms with E-state index in [4.69, 9.17) is 19.6 Å². The Morgan fingerprint density at radius 2 is 1.49 bits per heavy atom. The van der Waals surface area contributed by atoms with Gasteiger partial charge in [0.25, 0.3) is 0 Å². The standard InChI is InChI=1S/C54H72N8O13/c1-10-30(3)43-49(67)56-36(27-40(55)63)51(68)62-26-18-23-39(62)48(66)59-42(46(73-9)35-21-16-13-17-22-35)54(72)75-45(38-29-74-50(58-38)32(5)24-25-34-19-14-12-15-20-34)33(6)47(65)57-37(53(70)71)28-41(64)60(7)44(31(4)11-2)52(69)61(43)8/h12-17,19-22,24,29-31,33,36-37,39,42-46H,10-11,18,23,25-28H2,1-9H3,(H2,55,63)(H,56,67)(H,57,65)(H,59,66)(H,70,71)/b32-24+. The number of methoxy groups -OCH3 is 1. The van der Waals surface area contributed by atoms with Crippen molar-refractivity contribution in [3.8, 4) is 0 Å². The van der Waals surface area contributed by atoms with E-state index in [9.17, 15) is 48.3 Å². The Bertz CT molecular complexity index is 2550. The van der Waals surface area contributed by atoms with Crippen molar-refractivity contribution < 1.29 is 62.1 Å². The molecule has 2 aliphatic heterocycles. The Hall–Kier alpha value is -7.42. The predicted molar refractivity (Wildman–Crippen MR) is 273 cm³/mol. The fraction of sp³-hybridized carbons (Fsp3) is 0.519. The van der Waals surface area contributed by atoms with Crippen molar-refractivity contribution in [2.24, 2.45) is 23.5 Å². The third kappa shape index (κ3) is 14.5. The molecule has 11 atom stereocenters. The summed E-state index contributed by atoms with van der Waals surface area (Å²) in [5.74, 6) is -11.1. The molecule has 2 saturated heterocycles. The van der Waals surface area contributed by atoms with Gasteiger partial charge < -0.3 is 55.4 Å². The monoisotopic (exact) mass is 1040 g/mol. The zero-order valence-electron chi connectivity index (χ0n) is 44.1. The topological polar surface area (TPSA) is 290 Å². The molecule has 406 valence electrons. The fourth-order valence-corrected chi connectivity index (χ4v) is 9.48. The minimum Gasteiger partial charge on any atom is -0.480 e. The number of aromatic nitrogens is 1. The van der Waals surface area contributed by atoms with Crippen LogP contribution in [-0.2, 0) is 59.0 Å². The molecule has 2 aromatic carbocycles. The number of primary amides is 1. The number of carbonyl (C=O) groups is 9. The SMILES string of the molecule is CCC(C)C1C(=O)N(C)C(C(C)CC)C(=O)NC(CC(N)=O)C(=O)N2CCCC2C(=O)NC(C(OC)c2ccccc2)C(=O)OC(c2coc(/C(C)=C/Cc3ccccc3)n2)C(C)C(=O)NC(C(=O)O)CC(=O)N1C. The molecule has 1 aromatic heterocycles. The highest BCUT2D eigenvalue weighted by Crippen LogP contribution is 2.32. The number of carbonyl (C=O) groups excluding carboxylic acids is 8. The first-order valence-corrected chi connectivity index (χ1v) is 25.3. The van der Waals surface area contributed by atoms with Gasteiger partial charge in [-0.15, -0.1) is 0 Å². The van der Waals surface area contributed by atoms with Crippen molar-refractivity contribution in [2.75, 3.05) is 27.7 Å². The summed E-state index contributed by atoms with van der Waals surface area (Å²) in [6.07, 6.45) is 0.302. The number of ether oxygens (including phenoxy) is 2. The Labute approximate surface area is 437 Å². The van der Waals surface area contributed by atoms with Gasteiger partial charge in [0, 0.05) is 33.3 Å². The van der Waals surface area contributed by atoms with Crippen molar-refractivity contribution >= 4 is 58.9 Å². The number of allylic oxidation sites excluding steroid dienone is 2. The van der Waals surface area contributed by atoms with E-state index >= 15 is 0 Å². The molecule has 6 N–H and O–H groups in total. The summed E-state index contributed by atoms with van der Waals surface area (Å²) in [4.78, 5) is 136. The second-order valence-electron chi connectivity index (χ2n) is 19.5. The van der Waals surface area contributed by atoms with Gasteiger partial charge in [-0.05, 0) is 56.1 Å². The number of hydrogen-bond acceptors (Lipinski definition) is 13. The Kier molecular flexibility index (Phi) is 20.8. The number of esters is 1. The zero-order chi connectivity index (χ0) is 55.3. The quantitative estimate of drug-likeness (QED) is 0.145. The molecule has 2 aliphatic rings. The maximum atomic E-state index is 15.0.